The summed E-state index contributed by atoms with van der Waals surface area (Å²) in [6.45, 7) is 7.61. The van der Waals surface area contributed by atoms with Gasteiger partial charge in [0.05, 0.1) is 17.1 Å². The summed E-state index contributed by atoms with van der Waals surface area (Å²) in [5, 5.41) is 0. The largest absolute Gasteiger partial charge is 0.305 e. The zero-order chi connectivity index (χ0) is 15.7. The first-order valence-corrected chi connectivity index (χ1v) is 7.48. The summed E-state index contributed by atoms with van der Waals surface area (Å²) in [5.74, 6) is -0.985. The Labute approximate surface area is 132 Å². The highest BCUT2D eigenvalue weighted by Crippen LogP contribution is 2.47. The van der Waals surface area contributed by atoms with Crippen LogP contribution in [0, 0.1) is 11.6 Å². The van der Waals surface area contributed by atoms with Gasteiger partial charge < -0.3 is 4.90 Å². The molecule has 1 heterocycles. The predicted molar refractivity (Wildman–Crippen MR) is 88.2 cm³/mol. The van der Waals surface area contributed by atoms with Gasteiger partial charge in [0.15, 0.2) is 0 Å². The van der Waals surface area contributed by atoms with Crippen molar-refractivity contribution in [2.24, 2.45) is 0 Å². The highest BCUT2D eigenvalue weighted by Gasteiger charge is 2.26. The topological polar surface area (TPSA) is 3.24 Å². The molecule has 1 nitrogen and oxygen atoms in total. The Bertz CT molecular complexity index is 795. The lowest BCUT2D eigenvalue weighted by Gasteiger charge is -2.33. The molecule has 0 N–H and O–H groups in total. The Hall–Kier alpha value is -2.33. The lowest BCUT2D eigenvalue weighted by molar-refractivity contribution is 0.600. The fraction of sp³-hybridized carbons (Fsp3) is 0. The molecule has 0 saturated heterocycles. The van der Waals surface area contributed by atoms with Gasteiger partial charge in [0.2, 0.25) is 0 Å². The Morgan fingerprint density at radius 2 is 1.73 bits per heavy atom. The molecule has 0 fully saturated rings. The van der Waals surface area contributed by atoms with Crippen molar-refractivity contribution in [3.8, 4) is 0 Å². The number of benzene rings is 2. The number of hydrogen-bond donors (Lipinski definition) is 0. The highest BCUT2D eigenvalue weighted by atomic mass is 32.2. The molecular weight excluding hydrogens is 300 g/mol. The molecule has 0 spiro atoms. The molecule has 0 aliphatic carbocycles. The van der Waals surface area contributed by atoms with E-state index in [0.717, 1.165) is 27.6 Å². The average molecular weight is 313 g/mol. The molecule has 0 unspecified atom stereocenters. The molecule has 1 aliphatic rings. The van der Waals surface area contributed by atoms with Crippen molar-refractivity contribution in [1.29, 1.82) is 0 Å². The van der Waals surface area contributed by atoms with Gasteiger partial charge in [-0.3, -0.25) is 0 Å². The van der Waals surface area contributed by atoms with E-state index in [-0.39, 0.29) is 5.69 Å². The standard InChI is InChI=1S/C18H13F2NS/c1-3-14-17(4-2)22-18-8-6-5-7-15(18)21(14)16-11-12(19)9-10-13(16)20/h3-11H,1-2H2. The average Bonchev–Trinajstić information content (AvgIpc) is 2.55. The van der Waals surface area contributed by atoms with Crippen molar-refractivity contribution < 1.29 is 8.78 Å². The van der Waals surface area contributed by atoms with Crippen LogP contribution in [0.25, 0.3) is 0 Å². The van der Waals surface area contributed by atoms with Gasteiger partial charge in [-0.2, -0.15) is 0 Å². The Morgan fingerprint density at radius 1 is 0.955 bits per heavy atom. The molecule has 110 valence electrons. The molecule has 3 rings (SSSR count). The SMILES string of the molecule is C=CC1=C(C=C)N(c2cc(F)ccc2F)c2ccccc2S1. The Balaban J connectivity index is 2.30. The summed E-state index contributed by atoms with van der Waals surface area (Å²) >= 11 is 1.53. The van der Waals surface area contributed by atoms with Crippen LogP contribution in [0.4, 0.5) is 20.2 Å². The second-order valence-electron chi connectivity index (χ2n) is 4.66. The molecule has 0 amide bonds. The van der Waals surface area contributed by atoms with Crippen molar-refractivity contribution in [3.05, 3.63) is 90.0 Å². The summed E-state index contributed by atoms with van der Waals surface area (Å²) in [6.07, 6.45) is 3.33. The maximum atomic E-state index is 14.3. The van der Waals surface area contributed by atoms with Gasteiger partial charge in [-0.15, -0.1) is 0 Å². The molecule has 0 aromatic heterocycles. The fourth-order valence-electron chi connectivity index (χ4n) is 2.39. The van der Waals surface area contributed by atoms with Crippen molar-refractivity contribution in [2.75, 3.05) is 4.90 Å². The monoisotopic (exact) mass is 313 g/mol. The van der Waals surface area contributed by atoms with E-state index >= 15 is 0 Å². The van der Waals surface area contributed by atoms with Crippen LogP contribution in [-0.2, 0) is 0 Å². The van der Waals surface area contributed by atoms with E-state index in [1.165, 1.54) is 17.8 Å². The molecule has 2 aromatic carbocycles. The summed E-state index contributed by atoms with van der Waals surface area (Å²) < 4.78 is 27.9. The van der Waals surface area contributed by atoms with Crippen molar-refractivity contribution in [3.63, 3.8) is 0 Å². The van der Waals surface area contributed by atoms with Crippen LogP contribution < -0.4 is 4.90 Å². The van der Waals surface area contributed by atoms with Crippen LogP contribution >= 0.6 is 11.8 Å². The number of allylic oxidation sites excluding steroid dienone is 2. The second kappa shape index (κ2) is 5.81. The van der Waals surface area contributed by atoms with Gasteiger partial charge in [0, 0.05) is 15.9 Å². The molecule has 2 aromatic rings. The third-order valence-corrected chi connectivity index (χ3v) is 4.51. The molecule has 22 heavy (non-hydrogen) atoms. The summed E-state index contributed by atoms with van der Waals surface area (Å²) in [7, 11) is 0. The summed E-state index contributed by atoms with van der Waals surface area (Å²) in [5.41, 5.74) is 1.63. The number of hydrogen-bond acceptors (Lipinski definition) is 2. The van der Waals surface area contributed by atoms with Gasteiger partial charge in [0.1, 0.15) is 11.6 Å². The van der Waals surface area contributed by atoms with Crippen LogP contribution in [0.3, 0.4) is 0 Å². The van der Waals surface area contributed by atoms with Crippen LogP contribution in [0.1, 0.15) is 0 Å². The van der Waals surface area contributed by atoms with Gasteiger partial charge in [-0.1, -0.05) is 43.1 Å². The first-order chi connectivity index (χ1) is 10.7. The lowest BCUT2D eigenvalue weighted by Crippen LogP contribution is -2.21. The van der Waals surface area contributed by atoms with E-state index in [4.69, 9.17) is 0 Å². The van der Waals surface area contributed by atoms with Crippen LogP contribution in [0.5, 0.6) is 0 Å². The molecule has 1 aliphatic heterocycles. The normalized spacial score (nSPS) is 13.8. The first kappa shape index (κ1) is 14.6. The van der Waals surface area contributed by atoms with Crippen molar-refractivity contribution >= 4 is 23.1 Å². The van der Waals surface area contributed by atoms with Crippen LogP contribution in [-0.4, -0.2) is 0 Å². The molecule has 0 saturated carbocycles. The van der Waals surface area contributed by atoms with Gasteiger partial charge >= 0.3 is 0 Å². The van der Waals surface area contributed by atoms with Crippen LogP contribution in [0.15, 0.2) is 83.3 Å². The zero-order valence-corrected chi connectivity index (χ0v) is 12.5. The molecule has 0 bridgehead atoms. The number of para-hydroxylation sites is 1. The number of halogens is 2. The minimum Gasteiger partial charge on any atom is -0.305 e. The van der Waals surface area contributed by atoms with Crippen molar-refractivity contribution in [1.82, 2.24) is 0 Å². The van der Waals surface area contributed by atoms with Crippen molar-refractivity contribution in [2.45, 2.75) is 4.90 Å². The fourth-order valence-corrected chi connectivity index (χ4v) is 3.40. The molecule has 4 heteroatoms. The minimum atomic E-state index is -0.495. The first-order valence-electron chi connectivity index (χ1n) is 6.67. The highest BCUT2D eigenvalue weighted by molar-refractivity contribution is 8.03. The van der Waals surface area contributed by atoms with Gasteiger partial charge in [0.25, 0.3) is 0 Å². The second-order valence-corrected chi connectivity index (χ2v) is 5.74. The maximum absolute atomic E-state index is 14.3. The molecule has 0 radical (unpaired) electrons. The number of thioether (sulfide) groups is 1. The quantitative estimate of drug-likeness (QED) is 0.705. The predicted octanol–water partition coefficient (Wildman–Crippen LogP) is 5.79. The molecular formula is C18H13F2NS. The lowest BCUT2D eigenvalue weighted by atomic mass is 10.1. The Morgan fingerprint density at radius 3 is 2.45 bits per heavy atom. The summed E-state index contributed by atoms with van der Waals surface area (Å²) in [6, 6.07) is 11.0. The van der Waals surface area contributed by atoms with E-state index in [2.05, 4.69) is 13.2 Å². The number of rotatable bonds is 3. The van der Waals surface area contributed by atoms with Crippen LogP contribution in [0.2, 0.25) is 0 Å². The van der Waals surface area contributed by atoms with E-state index < -0.39 is 11.6 Å². The zero-order valence-electron chi connectivity index (χ0n) is 11.7. The third kappa shape index (κ3) is 2.35. The maximum Gasteiger partial charge on any atom is 0.147 e. The number of fused-ring (bicyclic) bond motifs is 1. The van der Waals surface area contributed by atoms with E-state index in [1.54, 1.807) is 17.1 Å². The third-order valence-electron chi connectivity index (χ3n) is 3.35. The van der Waals surface area contributed by atoms with E-state index in [9.17, 15) is 8.78 Å². The van der Waals surface area contributed by atoms with E-state index in [1.807, 2.05) is 24.3 Å². The number of nitrogens with zero attached hydrogens (tertiary/aromatic N) is 1. The Kier molecular flexibility index (Phi) is 3.86. The van der Waals surface area contributed by atoms with Gasteiger partial charge in [-0.05, 0) is 30.3 Å². The summed E-state index contributed by atoms with van der Waals surface area (Å²) in [4.78, 5) is 3.47. The smallest absolute Gasteiger partial charge is 0.147 e. The molecule has 0 atom stereocenters. The van der Waals surface area contributed by atoms with Gasteiger partial charge in [-0.25, -0.2) is 8.78 Å². The van der Waals surface area contributed by atoms with E-state index in [0.29, 0.717) is 5.70 Å². The minimum absolute atomic E-state index is 0.155. The number of anilines is 2.